The van der Waals surface area contributed by atoms with Gasteiger partial charge < -0.3 is 4.57 Å². The molecule has 0 bridgehead atoms. The van der Waals surface area contributed by atoms with Gasteiger partial charge in [-0.1, -0.05) is 28.1 Å². The first kappa shape index (κ1) is 15.7. The zero-order valence-corrected chi connectivity index (χ0v) is 13.9. The summed E-state index contributed by atoms with van der Waals surface area (Å²) in [6, 6.07) is 12.4. The van der Waals surface area contributed by atoms with E-state index in [0.29, 0.717) is 22.5 Å². The third kappa shape index (κ3) is 2.53. The minimum absolute atomic E-state index is 0.545. The molecule has 3 aromatic rings. The number of para-hydroxylation sites is 1. The molecule has 1 saturated heterocycles. The van der Waals surface area contributed by atoms with Crippen LogP contribution >= 0.6 is 0 Å². The Bertz CT molecular complexity index is 963. The normalized spacial score (nSPS) is 19.1. The van der Waals surface area contributed by atoms with Gasteiger partial charge in [0, 0.05) is 38.2 Å². The van der Waals surface area contributed by atoms with Crippen molar-refractivity contribution in [1.29, 1.82) is 0 Å². The fraction of sp³-hybridized carbons (Fsp3) is 0.333. The molecule has 0 N–H and O–H groups in total. The summed E-state index contributed by atoms with van der Waals surface area (Å²) in [7, 11) is -2.37. The van der Waals surface area contributed by atoms with E-state index in [1.165, 1.54) is 4.57 Å². The van der Waals surface area contributed by atoms with E-state index < -0.39 is 22.7 Å². The van der Waals surface area contributed by atoms with Crippen molar-refractivity contribution in [3.63, 3.8) is 0 Å². The molecule has 1 aliphatic rings. The highest BCUT2D eigenvalue weighted by Gasteiger charge is 2.30. The molecule has 1 aromatic heterocycles. The van der Waals surface area contributed by atoms with Crippen LogP contribution in [0.15, 0.2) is 47.4 Å². The van der Waals surface area contributed by atoms with Crippen LogP contribution in [-0.4, -0.2) is 26.5 Å². The fourth-order valence-electron chi connectivity index (χ4n) is 3.75. The lowest BCUT2D eigenvalue weighted by atomic mass is 10.1. The summed E-state index contributed by atoms with van der Waals surface area (Å²) in [5, 5.41) is 1.54. The predicted molar refractivity (Wildman–Crippen MR) is 92.3 cm³/mol. The summed E-state index contributed by atoms with van der Waals surface area (Å²) in [5.74, 6) is 1.42. The Balaban J connectivity index is 1.97. The molecular formula is C18H18F3NOS. The van der Waals surface area contributed by atoms with Gasteiger partial charge in [-0.3, -0.25) is 4.21 Å². The van der Waals surface area contributed by atoms with E-state index in [0.717, 1.165) is 28.5 Å². The first-order valence-corrected chi connectivity index (χ1v) is 10.1. The maximum Gasteiger partial charge on any atom is 0.406 e. The summed E-state index contributed by atoms with van der Waals surface area (Å²) < 4.78 is 53.3. The molecule has 2 nitrogen and oxygen atoms in total. The van der Waals surface area contributed by atoms with E-state index in [4.69, 9.17) is 0 Å². The van der Waals surface area contributed by atoms with E-state index in [-0.39, 0.29) is 0 Å². The molecule has 24 heavy (non-hydrogen) atoms. The van der Waals surface area contributed by atoms with Gasteiger partial charge in [0.05, 0.1) is 0 Å². The molecule has 128 valence electrons. The molecule has 0 unspecified atom stereocenters. The van der Waals surface area contributed by atoms with E-state index in [2.05, 4.69) is 0 Å². The van der Waals surface area contributed by atoms with E-state index in [9.17, 15) is 17.4 Å². The van der Waals surface area contributed by atoms with Gasteiger partial charge >= 0.3 is 6.18 Å². The van der Waals surface area contributed by atoms with Gasteiger partial charge in [0.1, 0.15) is 6.54 Å². The Kier molecular flexibility index (Phi) is 3.49. The van der Waals surface area contributed by atoms with Crippen LogP contribution < -0.4 is 0 Å². The molecule has 0 radical (unpaired) electrons. The second-order valence-electron chi connectivity index (χ2n) is 6.46. The molecule has 6 heteroatoms. The molecule has 0 saturated carbocycles. The van der Waals surface area contributed by atoms with E-state index >= 15 is 0 Å². The van der Waals surface area contributed by atoms with Gasteiger partial charge in [0.15, 0.2) is 0 Å². The summed E-state index contributed by atoms with van der Waals surface area (Å²) in [5.41, 5.74) is 1.11. The SMILES string of the molecule is O=[SH]1(c2ccc3c(c2)c2ccccc2n3CC(F)(F)F)CCCC1. The number of hydrogen-bond acceptors (Lipinski definition) is 1. The smallest absolute Gasteiger partial charge is 0.331 e. The molecule has 0 atom stereocenters. The highest BCUT2D eigenvalue weighted by Crippen LogP contribution is 2.36. The second-order valence-corrected chi connectivity index (χ2v) is 9.65. The van der Waals surface area contributed by atoms with Gasteiger partial charge in [-0.25, -0.2) is 0 Å². The molecule has 4 rings (SSSR count). The lowest BCUT2D eigenvalue weighted by Gasteiger charge is -2.17. The van der Waals surface area contributed by atoms with Crippen LogP contribution in [0.3, 0.4) is 0 Å². The van der Waals surface area contributed by atoms with Crippen molar-refractivity contribution in [3.05, 3.63) is 42.5 Å². The Hall–Kier alpha value is -1.82. The zero-order chi connectivity index (χ0) is 16.9. The van der Waals surface area contributed by atoms with E-state index in [1.54, 1.807) is 24.3 Å². The van der Waals surface area contributed by atoms with Crippen molar-refractivity contribution in [2.45, 2.75) is 30.5 Å². The minimum Gasteiger partial charge on any atom is -0.331 e. The van der Waals surface area contributed by atoms with Crippen LogP contribution in [0.5, 0.6) is 0 Å². The predicted octanol–water partition coefficient (Wildman–Crippen LogP) is 4.53. The quantitative estimate of drug-likeness (QED) is 0.672. The lowest BCUT2D eigenvalue weighted by Crippen LogP contribution is -2.17. The van der Waals surface area contributed by atoms with E-state index in [1.807, 2.05) is 18.2 Å². The van der Waals surface area contributed by atoms with Crippen molar-refractivity contribution in [2.75, 3.05) is 11.5 Å². The highest BCUT2D eigenvalue weighted by atomic mass is 32.2. The first-order valence-electron chi connectivity index (χ1n) is 8.04. The van der Waals surface area contributed by atoms with Crippen LogP contribution in [0, 0.1) is 0 Å². The summed E-state index contributed by atoms with van der Waals surface area (Å²) in [6.45, 7) is -1.02. The van der Waals surface area contributed by atoms with Crippen molar-refractivity contribution in [3.8, 4) is 0 Å². The van der Waals surface area contributed by atoms with Gasteiger partial charge in [-0.05, 0) is 37.1 Å². The summed E-state index contributed by atoms with van der Waals surface area (Å²) in [4.78, 5) is 0.808. The number of rotatable bonds is 2. The third-order valence-corrected chi connectivity index (χ3v) is 8.15. The molecule has 0 aliphatic carbocycles. The van der Waals surface area contributed by atoms with Gasteiger partial charge in [-0.15, -0.1) is 0 Å². The highest BCUT2D eigenvalue weighted by molar-refractivity contribution is 8.03. The Morgan fingerprint density at radius 1 is 0.958 bits per heavy atom. The van der Waals surface area contributed by atoms with Crippen molar-refractivity contribution < 1.29 is 17.4 Å². The largest absolute Gasteiger partial charge is 0.406 e. The molecule has 1 aliphatic heterocycles. The number of alkyl halides is 3. The van der Waals surface area contributed by atoms with Gasteiger partial charge in [-0.2, -0.15) is 13.2 Å². The fourth-order valence-corrected chi connectivity index (χ4v) is 6.67. The minimum atomic E-state index is -4.29. The molecular weight excluding hydrogens is 335 g/mol. The average molecular weight is 353 g/mol. The lowest BCUT2D eigenvalue weighted by molar-refractivity contribution is -0.139. The maximum absolute atomic E-state index is 13.0. The molecule has 2 heterocycles. The van der Waals surface area contributed by atoms with Crippen molar-refractivity contribution in [2.24, 2.45) is 0 Å². The maximum atomic E-state index is 13.0. The molecule has 1 fully saturated rings. The Labute approximate surface area is 138 Å². The molecule has 0 spiro atoms. The monoisotopic (exact) mass is 353 g/mol. The van der Waals surface area contributed by atoms with Crippen LogP contribution in [0.1, 0.15) is 12.8 Å². The van der Waals surface area contributed by atoms with Crippen LogP contribution in [0.4, 0.5) is 13.2 Å². The third-order valence-electron chi connectivity index (χ3n) is 4.85. The first-order chi connectivity index (χ1) is 11.4. The number of fused-ring (bicyclic) bond motifs is 3. The Morgan fingerprint density at radius 2 is 1.62 bits per heavy atom. The number of halogens is 3. The van der Waals surface area contributed by atoms with Crippen LogP contribution in [0.25, 0.3) is 21.8 Å². The number of hydrogen-bond donors (Lipinski definition) is 1. The number of benzene rings is 2. The second kappa shape index (κ2) is 5.34. The van der Waals surface area contributed by atoms with Crippen molar-refractivity contribution in [1.82, 2.24) is 4.57 Å². The van der Waals surface area contributed by atoms with Gasteiger partial charge in [0.2, 0.25) is 0 Å². The van der Waals surface area contributed by atoms with Crippen LogP contribution in [-0.2, 0) is 16.5 Å². The number of nitrogens with zero attached hydrogens (tertiary/aromatic N) is 1. The molecule has 0 amide bonds. The van der Waals surface area contributed by atoms with Crippen molar-refractivity contribution >= 4 is 31.7 Å². The van der Waals surface area contributed by atoms with Crippen LogP contribution in [0.2, 0.25) is 0 Å². The Morgan fingerprint density at radius 3 is 2.33 bits per heavy atom. The standard InChI is InChI=1S/C18H18F3NOS/c19-18(20,21)12-22-16-6-2-1-5-14(16)15-11-13(7-8-17(15)22)24(23)9-3-4-10-24/h1-2,5-8,11,24H,3-4,9-10,12H2. The zero-order valence-electron chi connectivity index (χ0n) is 13.0. The topological polar surface area (TPSA) is 22.0 Å². The number of aromatic nitrogens is 1. The summed E-state index contributed by atoms with van der Waals surface area (Å²) in [6.07, 6.45) is -2.36. The van der Waals surface area contributed by atoms with Gasteiger partial charge in [0.25, 0.3) is 0 Å². The summed E-state index contributed by atoms with van der Waals surface area (Å²) >= 11 is 0. The number of thiol groups is 1. The average Bonchev–Trinajstić information content (AvgIpc) is 3.10. The molecule has 2 aromatic carbocycles.